The maximum atomic E-state index is 13.5. The lowest BCUT2D eigenvalue weighted by atomic mass is 9.94. The Morgan fingerprint density at radius 3 is 2.48 bits per heavy atom. The summed E-state index contributed by atoms with van der Waals surface area (Å²) in [5, 5.41) is 3.22. The van der Waals surface area contributed by atoms with Crippen molar-refractivity contribution in [1.29, 1.82) is 0 Å². The van der Waals surface area contributed by atoms with Crippen molar-refractivity contribution in [3.63, 3.8) is 0 Å². The zero-order valence-electron chi connectivity index (χ0n) is 16.8. The molecule has 0 spiro atoms. The minimum absolute atomic E-state index is 0.108. The highest BCUT2D eigenvalue weighted by atomic mass is 16.5. The number of fused-ring (bicyclic) bond motifs is 1. The Bertz CT molecular complexity index is 861. The minimum atomic E-state index is -0.678. The van der Waals surface area contributed by atoms with Crippen LogP contribution in [0.25, 0.3) is 0 Å². The number of ether oxygens (including phenoxy) is 1. The predicted octanol–water partition coefficient (Wildman–Crippen LogP) is 4.10. The highest BCUT2D eigenvalue weighted by Gasteiger charge is 2.37. The van der Waals surface area contributed by atoms with Crippen molar-refractivity contribution in [3.8, 4) is 5.75 Å². The zero-order chi connectivity index (χ0) is 20.2. The van der Waals surface area contributed by atoms with Crippen LogP contribution in [-0.2, 0) is 4.79 Å². The average Bonchev–Trinajstić information content (AvgIpc) is 2.86. The topological polar surface area (TPSA) is 58.6 Å². The second-order valence-corrected chi connectivity index (χ2v) is 8.04. The van der Waals surface area contributed by atoms with Gasteiger partial charge in [-0.3, -0.25) is 9.59 Å². The smallest absolute Gasteiger partial charge is 0.258 e. The molecule has 0 saturated heterocycles. The first-order valence-corrected chi connectivity index (χ1v) is 10.6. The normalized spacial score (nSPS) is 20.9. The van der Waals surface area contributed by atoms with Crippen molar-refractivity contribution in [2.45, 2.75) is 57.2 Å². The molecule has 5 nitrogen and oxygen atoms in total. The predicted molar refractivity (Wildman–Crippen MR) is 112 cm³/mol. The molecular weight excluding hydrogens is 364 g/mol. The third-order valence-electron chi connectivity index (χ3n) is 5.79. The first-order chi connectivity index (χ1) is 14.1. The van der Waals surface area contributed by atoms with Gasteiger partial charge < -0.3 is 15.0 Å². The van der Waals surface area contributed by atoms with Crippen molar-refractivity contribution in [2.24, 2.45) is 0 Å². The third kappa shape index (κ3) is 4.29. The van der Waals surface area contributed by atoms with Crippen molar-refractivity contribution in [2.75, 3.05) is 6.54 Å². The van der Waals surface area contributed by atoms with E-state index in [2.05, 4.69) is 5.32 Å². The summed E-state index contributed by atoms with van der Waals surface area (Å²) in [6.07, 6.45) is 5.30. The fourth-order valence-electron chi connectivity index (χ4n) is 4.37. The van der Waals surface area contributed by atoms with E-state index >= 15 is 0 Å². The van der Waals surface area contributed by atoms with E-state index < -0.39 is 6.04 Å². The van der Waals surface area contributed by atoms with Crippen molar-refractivity contribution >= 4 is 11.8 Å². The Kier molecular flexibility index (Phi) is 5.84. The summed E-state index contributed by atoms with van der Waals surface area (Å²) in [5.41, 5.74) is 1.32. The number of carbonyl (C=O) groups is 2. The van der Waals surface area contributed by atoms with Gasteiger partial charge in [-0.2, -0.15) is 0 Å². The van der Waals surface area contributed by atoms with Crippen LogP contribution in [0.15, 0.2) is 54.6 Å². The highest BCUT2D eigenvalue weighted by molar-refractivity contribution is 6.00. The standard InChI is InChI=1S/C24H28N2O3/c1-17-16-26(24(28)20-14-8-9-15-21(20)29-17)22(18-10-4-2-5-11-18)23(27)25-19-12-6-3-7-13-19/h2,4-5,8-11,14-15,17,19,22H,3,6-7,12-13,16H2,1H3,(H,25,27)/t17-,22-/m1/s1. The summed E-state index contributed by atoms with van der Waals surface area (Å²) in [5.74, 6) is 0.299. The quantitative estimate of drug-likeness (QED) is 0.852. The molecule has 2 atom stereocenters. The van der Waals surface area contributed by atoms with Crippen LogP contribution in [0.2, 0.25) is 0 Å². The summed E-state index contributed by atoms with van der Waals surface area (Å²) < 4.78 is 5.98. The molecule has 5 heteroatoms. The second kappa shape index (κ2) is 8.68. The van der Waals surface area contributed by atoms with E-state index in [1.165, 1.54) is 6.42 Å². The fraction of sp³-hybridized carbons (Fsp3) is 0.417. The molecule has 152 valence electrons. The number of hydrogen-bond donors (Lipinski definition) is 1. The van der Waals surface area contributed by atoms with Gasteiger partial charge in [0.15, 0.2) is 0 Å². The Hall–Kier alpha value is -2.82. The van der Waals surface area contributed by atoms with E-state index in [1.54, 1.807) is 11.0 Å². The molecule has 0 aromatic heterocycles. The largest absolute Gasteiger partial charge is 0.488 e. The molecule has 1 fully saturated rings. The van der Waals surface area contributed by atoms with Crippen LogP contribution < -0.4 is 10.1 Å². The molecule has 4 rings (SSSR count). The van der Waals surface area contributed by atoms with Gasteiger partial charge in [0.25, 0.3) is 5.91 Å². The summed E-state index contributed by atoms with van der Waals surface area (Å²) >= 11 is 0. The molecule has 1 aliphatic carbocycles. The molecule has 29 heavy (non-hydrogen) atoms. The van der Waals surface area contributed by atoms with Crippen LogP contribution >= 0.6 is 0 Å². The maximum Gasteiger partial charge on any atom is 0.258 e. The van der Waals surface area contributed by atoms with Gasteiger partial charge in [0.1, 0.15) is 17.9 Å². The highest BCUT2D eigenvalue weighted by Crippen LogP contribution is 2.31. The number of hydrogen-bond acceptors (Lipinski definition) is 3. The Labute approximate surface area is 172 Å². The molecule has 0 bridgehead atoms. The molecule has 2 amide bonds. The van der Waals surface area contributed by atoms with E-state index in [0.717, 1.165) is 31.2 Å². The molecule has 1 N–H and O–H groups in total. The number of benzene rings is 2. The molecular formula is C24H28N2O3. The lowest BCUT2D eigenvalue weighted by molar-refractivity contribution is -0.127. The molecule has 2 aromatic rings. The van der Waals surface area contributed by atoms with E-state index in [0.29, 0.717) is 17.9 Å². The van der Waals surface area contributed by atoms with E-state index in [1.807, 2.05) is 55.5 Å². The second-order valence-electron chi connectivity index (χ2n) is 8.04. The van der Waals surface area contributed by atoms with Gasteiger partial charge in [0.05, 0.1) is 12.1 Å². The summed E-state index contributed by atoms with van der Waals surface area (Å²) in [7, 11) is 0. The molecule has 1 aliphatic heterocycles. The molecule has 2 aliphatic rings. The van der Waals surface area contributed by atoms with Gasteiger partial charge in [-0.15, -0.1) is 0 Å². The molecule has 1 saturated carbocycles. The summed E-state index contributed by atoms with van der Waals surface area (Å²) in [4.78, 5) is 28.6. The molecule has 2 aromatic carbocycles. The zero-order valence-corrected chi connectivity index (χ0v) is 16.8. The van der Waals surface area contributed by atoms with Gasteiger partial charge in [0, 0.05) is 6.04 Å². The van der Waals surface area contributed by atoms with E-state index in [4.69, 9.17) is 4.74 Å². The van der Waals surface area contributed by atoms with Crippen molar-refractivity contribution in [1.82, 2.24) is 10.2 Å². The number of nitrogens with one attached hydrogen (secondary N) is 1. The minimum Gasteiger partial charge on any atom is -0.488 e. The van der Waals surface area contributed by atoms with E-state index in [-0.39, 0.29) is 24.0 Å². The van der Waals surface area contributed by atoms with Gasteiger partial charge >= 0.3 is 0 Å². The molecule has 0 unspecified atom stereocenters. The van der Waals surface area contributed by atoms with Gasteiger partial charge in [-0.1, -0.05) is 61.7 Å². The van der Waals surface area contributed by atoms with E-state index in [9.17, 15) is 9.59 Å². The fourth-order valence-corrected chi connectivity index (χ4v) is 4.37. The average molecular weight is 392 g/mol. The van der Waals surface area contributed by atoms with Gasteiger partial charge in [-0.05, 0) is 37.5 Å². The van der Waals surface area contributed by atoms with Crippen molar-refractivity contribution in [3.05, 3.63) is 65.7 Å². The van der Waals surface area contributed by atoms with Crippen LogP contribution in [0.5, 0.6) is 5.75 Å². The molecule has 0 radical (unpaired) electrons. The Morgan fingerprint density at radius 1 is 1.03 bits per heavy atom. The van der Waals surface area contributed by atoms with Crippen LogP contribution in [0.1, 0.15) is 61.0 Å². The summed E-state index contributed by atoms with van der Waals surface area (Å²) in [6, 6.07) is 16.3. The SMILES string of the molecule is C[C@@H]1CN([C@@H](C(=O)NC2CCCCC2)c2ccccc2)C(=O)c2ccccc2O1. The number of rotatable bonds is 4. The first kappa shape index (κ1) is 19.5. The Morgan fingerprint density at radius 2 is 1.72 bits per heavy atom. The van der Waals surface area contributed by atoms with Crippen molar-refractivity contribution < 1.29 is 14.3 Å². The first-order valence-electron chi connectivity index (χ1n) is 10.6. The number of para-hydroxylation sites is 1. The summed E-state index contributed by atoms with van der Waals surface area (Å²) in [6.45, 7) is 2.29. The van der Waals surface area contributed by atoms with Crippen LogP contribution in [-0.4, -0.2) is 35.4 Å². The lowest BCUT2D eigenvalue weighted by Crippen LogP contribution is -2.48. The van der Waals surface area contributed by atoms with Crippen LogP contribution in [0.3, 0.4) is 0 Å². The maximum absolute atomic E-state index is 13.5. The van der Waals surface area contributed by atoms with Gasteiger partial charge in [-0.25, -0.2) is 0 Å². The van der Waals surface area contributed by atoms with Crippen LogP contribution in [0.4, 0.5) is 0 Å². The lowest BCUT2D eigenvalue weighted by Gasteiger charge is -2.33. The monoisotopic (exact) mass is 392 g/mol. The van der Waals surface area contributed by atoms with Crippen LogP contribution in [0, 0.1) is 0 Å². The number of amides is 2. The van der Waals surface area contributed by atoms with Gasteiger partial charge in [0.2, 0.25) is 5.91 Å². The third-order valence-corrected chi connectivity index (χ3v) is 5.79. The molecule has 1 heterocycles. The number of nitrogens with zero attached hydrogens (tertiary/aromatic N) is 1. The number of carbonyl (C=O) groups excluding carboxylic acids is 2. The Balaban J connectivity index is 1.68.